The molecule has 0 heterocycles. The van der Waals surface area contributed by atoms with E-state index in [1.165, 1.54) is 42.8 Å². The van der Waals surface area contributed by atoms with Gasteiger partial charge >= 0.3 is 0 Å². The second-order valence-electron chi connectivity index (χ2n) is 6.15. The summed E-state index contributed by atoms with van der Waals surface area (Å²) in [6.45, 7) is 2.25. The standard InChI is InChI=1S/C22H24Br2OS/c1-2-3-4-5-6-15-26-19-11-7-17(8-12-19)9-14-22(25)20-16-18(23)10-13-21(20)24/h7-14,16H,2-6,15H2,1H3/b14-9+. The highest BCUT2D eigenvalue weighted by atomic mass is 79.9. The van der Waals surface area contributed by atoms with Crippen molar-refractivity contribution in [3.05, 3.63) is 68.6 Å². The van der Waals surface area contributed by atoms with Crippen LogP contribution in [0.5, 0.6) is 0 Å². The van der Waals surface area contributed by atoms with E-state index >= 15 is 0 Å². The Bertz CT molecular complexity index is 738. The lowest BCUT2D eigenvalue weighted by molar-refractivity contribution is 0.104. The highest BCUT2D eigenvalue weighted by Gasteiger charge is 2.07. The van der Waals surface area contributed by atoms with Gasteiger partial charge < -0.3 is 0 Å². The van der Waals surface area contributed by atoms with Crippen LogP contribution in [0, 0.1) is 0 Å². The Morgan fingerprint density at radius 2 is 1.73 bits per heavy atom. The van der Waals surface area contributed by atoms with E-state index in [9.17, 15) is 4.79 Å². The number of rotatable bonds is 10. The number of benzene rings is 2. The van der Waals surface area contributed by atoms with Gasteiger partial charge in [-0.1, -0.05) is 82.7 Å². The van der Waals surface area contributed by atoms with Crippen LogP contribution in [0.3, 0.4) is 0 Å². The molecule has 0 aliphatic heterocycles. The SMILES string of the molecule is CCCCCCCSc1ccc(/C=C/C(=O)c2cc(Br)ccc2Br)cc1. The molecular weight excluding hydrogens is 472 g/mol. The van der Waals surface area contributed by atoms with Gasteiger partial charge in [-0.25, -0.2) is 0 Å². The fraction of sp³-hybridized carbons (Fsp3) is 0.318. The molecule has 26 heavy (non-hydrogen) atoms. The summed E-state index contributed by atoms with van der Waals surface area (Å²) in [6.07, 6.45) is 10.1. The zero-order valence-corrected chi connectivity index (χ0v) is 19.0. The lowest BCUT2D eigenvalue weighted by atomic mass is 10.1. The van der Waals surface area contributed by atoms with Crippen molar-refractivity contribution in [1.29, 1.82) is 0 Å². The van der Waals surface area contributed by atoms with Crippen LogP contribution in [-0.4, -0.2) is 11.5 Å². The molecule has 2 aromatic rings. The molecule has 2 aromatic carbocycles. The third-order valence-corrected chi connectivity index (χ3v) is 6.30. The summed E-state index contributed by atoms with van der Waals surface area (Å²) >= 11 is 8.75. The van der Waals surface area contributed by atoms with Crippen LogP contribution in [0.1, 0.15) is 54.9 Å². The van der Waals surface area contributed by atoms with Crippen LogP contribution in [-0.2, 0) is 0 Å². The highest BCUT2D eigenvalue weighted by molar-refractivity contribution is 9.11. The Morgan fingerprint density at radius 1 is 1.00 bits per heavy atom. The van der Waals surface area contributed by atoms with Gasteiger partial charge in [0, 0.05) is 19.4 Å². The van der Waals surface area contributed by atoms with E-state index < -0.39 is 0 Å². The molecule has 4 heteroatoms. The van der Waals surface area contributed by atoms with Gasteiger partial charge in [-0.05, 0) is 54.1 Å². The lowest BCUT2D eigenvalue weighted by Gasteiger charge is -2.03. The van der Waals surface area contributed by atoms with E-state index in [1.807, 2.05) is 36.0 Å². The van der Waals surface area contributed by atoms with Gasteiger partial charge in [0.2, 0.25) is 0 Å². The van der Waals surface area contributed by atoms with E-state index in [4.69, 9.17) is 0 Å². The van der Waals surface area contributed by atoms with Crippen LogP contribution < -0.4 is 0 Å². The number of thioether (sulfide) groups is 1. The first-order chi connectivity index (χ1) is 12.6. The second kappa shape index (κ2) is 11.8. The summed E-state index contributed by atoms with van der Waals surface area (Å²) in [6, 6.07) is 14.0. The van der Waals surface area contributed by atoms with Crippen LogP contribution in [0.2, 0.25) is 0 Å². The Morgan fingerprint density at radius 3 is 2.46 bits per heavy atom. The Kier molecular flexibility index (Phi) is 9.73. The number of hydrogen-bond acceptors (Lipinski definition) is 2. The molecule has 0 aliphatic rings. The molecule has 0 saturated carbocycles. The van der Waals surface area contributed by atoms with Gasteiger partial charge in [-0.3, -0.25) is 4.79 Å². The zero-order chi connectivity index (χ0) is 18.8. The van der Waals surface area contributed by atoms with Crippen molar-refractivity contribution < 1.29 is 4.79 Å². The Balaban J connectivity index is 1.85. The predicted molar refractivity (Wildman–Crippen MR) is 121 cm³/mol. The number of carbonyl (C=O) groups is 1. The van der Waals surface area contributed by atoms with E-state index in [0.29, 0.717) is 5.56 Å². The third kappa shape index (κ3) is 7.42. The maximum atomic E-state index is 12.4. The number of hydrogen-bond donors (Lipinski definition) is 0. The van der Waals surface area contributed by atoms with Gasteiger partial charge in [0.25, 0.3) is 0 Å². The second-order valence-corrected chi connectivity index (χ2v) is 9.09. The Labute approximate surface area is 177 Å². The van der Waals surface area contributed by atoms with Crippen LogP contribution in [0.4, 0.5) is 0 Å². The monoisotopic (exact) mass is 494 g/mol. The largest absolute Gasteiger partial charge is 0.289 e. The van der Waals surface area contributed by atoms with Gasteiger partial charge in [-0.15, -0.1) is 11.8 Å². The van der Waals surface area contributed by atoms with E-state index in [0.717, 1.165) is 14.5 Å². The number of allylic oxidation sites excluding steroid dienone is 1. The summed E-state index contributed by atoms with van der Waals surface area (Å²) in [5.41, 5.74) is 1.70. The van der Waals surface area contributed by atoms with E-state index in [1.54, 1.807) is 6.08 Å². The minimum atomic E-state index is -0.0105. The molecule has 0 N–H and O–H groups in total. The average Bonchev–Trinajstić information content (AvgIpc) is 2.65. The first kappa shape index (κ1) is 21.5. The van der Waals surface area contributed by atoms with Crippen molar-refractivity contribution in [1.82, 2.24) is 0 Å². The number of unbranched alkanes of at least 4 members (excludes halogenated alkanes) is 4. The molecule has 0 unspecified atom stereocenters. The molecule has 138 valence electrons. The van der Waals surface area contributed by atoms with Gasteiger partial charge in [0.1, 0.15) is 0 Å². The fourth-order valence-electron chi connectivity index (χ4n) is 2.52. The molecule has 0 aromatic heterocycles. The highest BCUT2D eigenvalue weighted by Crippen LogP contribution is 2.23. The van der Waals surface area contributed by atoms with Crippen LogP contribution in [0.15, 0.2) is 62.4 Å². The molecule has 0 bridgehead atoms. The molecule has 0 amide bonds. The summed E-state index contributed by atoms with van der Waals surface area (Å²) in [4.78, 5) is 13.7. The fourth-order valence-corrected chi connectivity index (χ4v) is 4.23. The number of carbonyl (C=O) groups excluding carboxylic acids is 1. The lowest BCUT2D eigenvalue weighted by Crippen LogP contribution is -1.95. The Hall–Kier alpha value is -0.840. The molecule has 0 aliphatic carbocycles. The smallest absolute Gasteiger partial charge is 0.187 e. The minimum absolute atomic E-state index is 0.0105. The van der Waals surface area contributed by atoms with Crippen molar-refractivity contribution in [3.63, 3.8) is 0 Å². The maximum absolute atomic E-state index is 12.4. The first-order valence-corrected chi connectivity index (χ1v) is 11.6. The summed E-state index contributed by atoms with van der Waals surface area (Å²) < 4.78 is 1.70. The zero-order valence-electron chi connectivity index (χ0n) is 15.0. The summed E-state index contributed by atoms with van der Waals surface area (Å²) in [5, 5.41) is 0. The van der Waals surface area contributed by atoms with E-state index in [-0.39, 0.29) is 5.78 Å². The minimum Gasteiger partial charge on any atom is -0.289 e. The molecule has 1 nitrogen and oxygen atoms in total. The van der Waals surface area contributed by atoms with Gasteiger partial charge in [0.05, 0.1) is 0 Å². The first-order valence-electron chi connectivity index (χ1n) is 9.00. The summed E-state index contributed by atoms with van der Waals surface area (Å²) in [7, 11) is 0. The van der Waals surface area contributed by atoms with Crippen molar-refractivity contribution in [2.75, 3.05) is 5.75 Å². The molecule has 0 radical (unpaired) electrons. The third-order valence-electron chi connectivity index (χ3n) is 4.02. The average molecular weight is 496 g/mol. The number of ketones is 1. The van der Waals surface area contributed by atoms with Crippen LogP contribution >= 0.6 is 43.6 Å². The van der Waals surface area contributed by atoms with Gasteiger partial charge in [-0.2, -0.15) is 0 Å². The molecule has 0 atom stereocenters. The molecular formula is C22H24Br2OS. The summed E-state index contributed by atoms with van der Waals surface area (Å²) in [5.74, 6) is 1.16. The van der Waals surface area contributed by atoms with Crippen molar-refractivity contribution in [2.45, 2.75) is 43.9 Å². The topological polar surface area (TPSA) is 17.1 Å². The van der Waals surface area contributed by atoms with Crippen LogP contribution in [0.25, 0.3) is 6.08 Å². The van der Waals surface area contributed by atoms with Crippen molar-refractivity contribution >= 4 is 55.5 Å². The number of halogens is 2. The molecule has 0 fully saturated rings. The molecule has 0 spiro atoms. The molecule has 2 rings (SSSR count). The van der Waals surface area contributed by atoms with Crippen molar-refractivity contribution in [3.8, 4) is 0 Å². The predicted octanol–water partition coefficient (Wildman–Crippen LogP) is 8.17. The van der Waals surface area contributed by atoms with Crippen molar-refractivity contribution in [2.24, 2.45) is 0 Å². The normalized spacial score (nSPS) is 11.2. The van der Waals surface area contributed by atoms with E-state index in [2.05, 4.69) is 63.0 Å². The maximum Gasteiger partial charge on any atom is 0.187 e. The quantitative estimate of drug-likeness (QED) is 0.143. The molecule has 0 saturated heterocycles. The van der Waals surface area contributed by atoms with Gasteiger partial charge in [0.15, 0.2) is 5.78 Å².